The molecule has 134 valence electrons. The van der Waals surface area contributed by atoms with Gasteiger partial charge in [-0.2, -0.15) is 8.78 Å². The molecule has 0 N–H and O–H groups in total. The van der Waals surface area contributed by atoms with Crippen molar-refractivity contribution in [2.75, 3.05) is 13.6 Å². The van der Waals surface area contributed by atoms with Crippen molar-refractivity contribution in [3.63, 3.8) is 0 Å². The van der Waals surface area contributed by atoms with Crippen LogP contribution in [0.2, 0.25) is 0 Å². The SMILES string of the molecule is CCN(C)/C=N/c1ccc(O[C@H]2CC[C@H](OC(F)F)CC2)nc1C. The van der Waals surface area contributed by atoms with E-state index < -0.39 is 6.61 Å². The quantitative estimate of drug-likeness (QED) is 0.557. The Balaban J connectivity index is 1.88. The number of hydrogen-bond acceptors (Lipinski definition) is 4. The third-order valence-electron chi connectivity index (χ3n) is 4.13. The number of hydrogen-bond donors (Lipinski definition) is 0. The number of pyridine rings is 1. The van der Waals surface area contributed by atoms with Gasteiger partial charge in [0.05, 0.1) is 23.8 Å². The van der Waals surface area contributed by atoms with Gasteiger partial charge in [0, 0.05) is 19.7 Å². The minimum Gasteiger partial charge on any atom is -0.474 e. The van der Waals surface area contributed by atoms with E-state index in [0.29, 0.717) is 31.6 Å². The maximum Gasteiger partial charge on any atom is 0.345 e. The number of nitrogens with zero attached hydrogens (tertiary/aromatic N) is 3. The van der Waals surface area contributed by atoms with E-state index in [2.05, 4.69) is 21.6 Å². The van der Waals surface area contributed by atoms with Gasteiger partial charge in [0.1, 0.15) is 6.10 Å². The summed E-state index contributed by atoms with van der Waals surface area (Å²) in [4.78, 5) is 10.8. The fourth-order valence-corrected chi connectivity index (χ4v) is 2.58. The normalized spacial score (nSPS) is 21.4. The summed E-state index contributed by atoms with van der Waals surface area (Å²) < 4.78 is 34.8. The lowest BCUT2D eigenvalue weighted by Gasteiger charge is -2.28. The van der Waals surface area contributed by atoms with Crippen molar-refractivity contribution in [1.29, 1.82) is 0 Å². The van der Waals surface area contributed by atoms with E-state index in [1.54, 1.807) is 12.4 Å². The molecule has 2 rings (SSSR count). The van der Waals surface area contributed by atoms with Crippen molar-refractivity contribution in [2.24, 2.45) is 4.99 Å². The highest BCUT2D eigenvalue weighted by Crippen LogP contribution is 2.27. The van der Waals surface area contributed by atoms with Crippen molar-refractivity contribution < 1.29 is 18.3 Å². The molecule has 0 amide bonds. The van der Waals surface area contributed by atoms with E-state index in [1.807, 2.05) is 24.9 Å². The Labute approximate surface area is 141 Å². The second-order valence-electron chi connectivity index (χ2n) is 5.99. The molecule has 1 fully saturated rings. The number of aromatic nitrogens is 1. The fourth-order valence-electron chi connectivity index (χ4n) is 2.58. The summed E-state index contributed by atoms with van der Waals surface area (Å²) >= 11 is 0. The highest BCUT2D eigenvalue weighted by Gasteiger charge is 2.25. The average molecular weight is 341 g/mol. The van der Waals surface area contributed by atoms with Crippen LogP contribution in [0.1, 0.15) is 38.3 Å². The second kappa shape index (κ2) is 8.92. The third-order valence-corrected chi connectivity index (χ3v) is 4.13. The van der Waals surface area contributed by atoms with Gasteiger partial charge in [0.15, 0.2) is 0 Å². The zero-order valence-electron chi connectivity index (χ0n) is 14.4. The Morgan fingerprint density at radius 3 is 2.54 bits per heavy atom. The predicted molar refractivity (Wildman–Crippen MR) is 89.2 cm³/mol. The summed E-state index contributed by atoms with van der Waals surface area (Å²) in [6, 6.07) is 3.68. The molecule has 1 aromatic rings. The van der Waals surface area contributed by atoms with E-state index in [9.17, 15) is 8.78 Å². The van der Waals surface area contributed by atoms with Crippen molar-refractivity contribution in [3.05, 3.63) is 17.8 Å². The summed E-state index contributed by atoms with van der Waals surface area (Å²) in [5.74, 6) is 0.550. The largest absolute Gasteiger partial charge is 0.474 e. The van der Waals surface area contributed by atoms with Crippen LogP contribution in [-0.2, 0) is 4.74 Å². The smallest absolute Gasteiger partial charge is 0.345 e. The van der Waals surface area contributed by atoms with E-state index in [0.717, 1.165) is 17.9 Å². The van der Waals surface area contributed by atoms with Gasteiger partial charge in [-0.25, -0.2) is 9.98 Å². The van der Waals surface area contributed by atoms with Crippen LogP contribution in [0.4, 0.5) is 14.5 Å². The number of halogens is 2. The van der Waals surface area contributed by atoms with Crippen LogP contribution in [0.15, 0.2) is 17.1 Å². The first-order valence-electron chi connectivity index (χ1n) is 8.30. The number of ether oxygens (including phenoxy) is 2. The van der Waals surface area contributed by atoms with Crippen molar-refractivity contribution in [2.45, 2.75) is 58.4 Å². The Hall–Kier alpha value is -1.76. The lowest BCUT2D eigenvalue weighted by molar-refractivity contribution is -0.173. The van der Waals surface area contributed by atoms with Gasteiger partial charge in [0.2, 0.25) is 5.88 Å². The summed E-state index contributed by atoms with van der Waals surface area (Å²) in [5, 5.41) is 0. The molecule has 24 heavy (non-hydrogen) atoms. The molecule has 0 atom stereocenters. The maximum atomic E-state index is 12.2. The van der Waals surface area contributed by atoms with Crippen LogP contribution in [-0.4, -0.2) is 48.6 Å². The first-order valence-corrected chi connectivity index (χ1v) is 8.30. The van der Waals surface area contributed by atoms with Crippen LogP contribution in [0, 0.1) is 6.92 Å². The van der Waals surface area contributed by atoms with Gasteiger partial charge in [-0.1, -0.05) is 0 Å². The van der Waals surface area contributed by atoms with Gasteiger partial charge >= 0.3 is 6.61 Å². The van der Waals surface area contributed by atoms with E-state index in [-0.39, 0.29) is 12.2 Å². The summed E-state index contributed by atoms with van der Waals surface area (Å²) in [6.45, 7) is 2.12. The molecule has 0 bridgehead atoms. The van der Waals surface area contributed by atoms with E-state index in [4.69, 9.17) is 4.74 Å². The van der Waals surface area contributed by atoms with Crippen LogP contribution >= 0.6 is 0 Å². The Morgan fingerprint density at radius 1 is 1.29 bits per heavy atom. The molecule has 0 radical (unpaired) electrons. The van der Waals surface area contributed by atoms with Crippen LogP contribution in [0.25, 0.3) is 0 Å². The average Bonchev–Trinajstić information content (AvgIpc) is 2.55. The molecule has 1 heterocycles. The first kappa shape index (κ1) is 18.6. The summed E-state index contributed by atoms with van der Waals surface area (Å²) in [5.41, 5.74) is 1.60. The van der Waals surface area contributed by atoms with Crippen molar-refractivity contribution >= 4 is 12.0 Å². The topological polar surface area (TPSA) is 47.0 Å². The van der Waals surface area contributed by atoms with Gasteiger partial charge in [-0.15, -0.1) is 0 Å². The minimum atomic E-state index is -2.70. The Morgan fingerprint density at radius 2 is 1.96 bits per heavy atom. The molecule has 1 saturated carbocycles. The Bertz CT molecular complexity index is 547. The highest BCUT2D eigenvalue weighted by atomic mass is 19.3. The number of rotatable bonds is 7. The van der Waals surface area contributed by atoms with Crippen molar-refractivity contribution in [1.82, 2.24) is 9.88 Å². The highest BCUT2D eigenvalue weighted by molar-refractivity contribution is 5.62. The van der Waals surface area contributed by atoms with Crippen molar-refractivity contribution in [3.8, 4) is 5.88 Å². The molecule has 1 aromatic heterocycles. The van der Waals surface area contributed by atoms with Gasteiger partial charge in [-0.3, -0.25) is 0 Å². The third kappa shape index (κ3) is 5.70. The lowest BCUT2D eigenvalue weighted by Crippen LogP contribution is -2.29. The molecule has 1 aliphatic rings. The molecular formula is C17H25F2N3O2. The molecule has 0 unspecified atom stereocenters. The molecule has 0 spiro atoms. The first-order chi connectivity index (χ1) is 11.5. The van der Waals surface area contributed by atoms with Gasteiger partial charge in [-0.05, 0) is 45.6 Å². The predicted octanol–water partition coefficient (Wildman–Crippen LogP) is 3.93. The number of alkyl halides is 2. The lowest BCUT2D eigenvalue weighted by atomic mass is 9.95. The molecule has 7 heteroatoms. The fraction of sp³-hybridized carbons (Fsp3) is 0.647. The molecular weight excluding hydrogens is 316 g/mol. The standard InChI is InChI=1S/C17H25F2N3O2/c1-4-22(3)11-20-15-9-10-16(21-12(15)2)23-13-5-7-14(8-6-13)24-17(18)19/h9-11,13-14,17H,4-8H2,1-3H3/b20-11+/t13-,14-. The summed E-state index contributed by atoms with van der Waals surface area (Å²) in [7, 11) is 1.96. The molecule has 5 nitrogen and oxygen atoms in total. The molecule has 0 saturated heterocycles. The number of aryl methyl sites for hydroxylation is 1. The number of aliphatic imine (C=N–C) groups is 1. The van der Waals surface area contributed by atoms with E-state index in [1.165, 1.54) is 0 Å². The molecule has 1 aliphatic carbocycles. The van der Waals surface area contributed by atoms with E-state index >= 15 is 0 Å². The van der Waals surface area contributed by atoms with Gasteiger partial charge in [0.25, 0.3) is 0 Å². The van der Waals surface area contributed by atoms with Crippen LogP contribution in [0.5, 0.6) is 5.88 Å². The minimum absolute atomic E-state index is 0.00463. The van der Waals surface area contributed by atoms with Crippen LogP contribution in [0.3, 0.4) is 0 Å². The van der Waals surface area contributed by atoms with Gasteiger partial charge < -0.3 is 14.4 Å². The molecule has 0 aliphatic heterocycles. The molecule has 0 aromatic carbocycles. The second-order valence-corrected chi connectivity index (χ2v) is 5.99. The maximum absolute atomic E-state index is 12.2. The Kier molecular flexibility index (Phi) is 6.90. The summed E-state index contributed by atoms with van der Waals surface area (Å²) in [6.07, 6.45) is 3.95. The van der Waals surface area contributed by atoms with Crippen LogP contribution < -0.4 is 4.74 Å². The zero-order valence-corrected chi connectivity index (χ0v) is 14.4. The zero-order chi connectivity index (χ0) is 17.5. The monoisotopic (exact) mass is 341 g/mol.